The van der Waals surface area contributed by atoms with Gasteiger partial charge in [-0.25, -0.2) is 0 Å². The predicted molar refractivity (Wildman–Crippen MR) is 64.1 cm³/mol. The fourth-order valence-corrected chi connectivity index (χ4v) is 1.79. The zero-order valence-electron chi connectivity index (χ0n) is 10.2. The van der Waals surface area contributed by atoms with Crippen LogP contribution in [-0.2, 0) is 12.6 Å². The van der Waals surface area contributed by atoms with Crippen LogP contribution in [0.3, 0.4) is 0 Å². The van der Waals surface area contributed by atoms with E-state index in [9.17, 15) is 0 Å². The van der Waals surface area contributed by atoms with E-state index < -0.39 is 0 Å². The van der Waals surface area contributed by atoms with Crippen molar-refractivity contribution < 1.29 is 51.4 Å². The first-order chi connectivity index (χ1) is 6.41. The topological polar surface area (TPSA) is 0 Å². The third-order valence-electron chi connectivity index (χ3n) is 2.50. The van der Waals surface area contributed by atoms with Crippen LogP contribution >= 0.6 is 0 Å². The molecule has 0 N–H and O–H groups in total. The summed E-state index contributed by atoms with van der Waals surface area (Å²) in [4.78, 5) is 0. The zero-order chi connectivity index (χ0) is 9.78. The molecule has 14 heavy (non-hydrogen) atoms. The second-order valence-electron chi connectivity index (χ2n) is 3.89. The molecular weight excluding hydrogens is 215 g/mol. The summed E-state index contributed by atoms with van der Waals surface area (Å²) in [5, 5.41) is 0. The molecule has 80 valence electrons. The molecule has 0 aromatic rings. The fourth-order valence-electron chi connectivity index (χ4n) is 1.59. The van der Waals surface area contributed by atoms with Gasteiger partial charge in [-0.05, 0) is 0 Å². The summed E-state index contributed by atoms with van der Waals surface area (Å²) < 4.78 is 0. The number of hydrogen-bond donors (Lipinski definition) is 0. The zero-order valence-corrected chi connectivity index (χ0v) is 14.1. The van der Waals surface area contributed by atoms with Crippen LogP contribution < -0.4 is 51.4 Å². The molecule has 0 bridgehead atoms. The summed E-state index contributed by atoms with van der Waals surface area (Å²) in [6.45, 7) is 2.27. The maximum Gasteiger partial charge on any atom is 1.00 e. The van der Waals surface area contributed by atoms with Crippen LogP contribution in [0.1, 0.15) is 71.1 Å². The number of hydrogen-bond acceptors (Lipinski definition) is 1. The van der Waals surface area contributed by atoms with Crippen molar-refractivity contribution in [3.8, 4) is 0 Å². The molecule has 0 fully saturated rings. The molecule has 0 atom stereocenters. The van der Waals surface area contributed by atoms with Gasteiger partial charge >= 0.3 is 51.4 Å². The summed E-state index contributed by atoms with van der Waals surface area (Å²) in [6.07, 6.45) is 14.0. The third kappa shape index (κ3) is 16.4. The molecule has 0 aliphatic rings. The average Bonchev–Trinajstić information content (AvgIpc) is 2.16. The van der Waals surface area contributed by atoms with Crippen molar-refractivity contribution in [1.29, 1.82) is 0 Å². The molecule has 0 unspecified atom stereocenters. The largest absolute Gasteiger partial charge is 1.00 e. The van der Waals surface area contributed by atoms with E-state index in [4.69, 9.17) is 12.6 Å². The summed E-state index contributed by atoms with van der Waals surface area (Å²) in [6, 6.07) is 0. The molecule has 0 saturated carbocycles. The molecule has 0 nitrogen and oxygen atoms in total. The van der Waals surface area contributed by atoms with Crippen LogP contribution in [0.25, 0.3) is 0 Å². The smallest absolute Gasteiger partial charge is 0.793 e. The van der Waals surface area contributed by atoms with E-state index in [0.29, 0.717) is 0 Å². The summed E-state index contributed by atoms with van der Waals surface area (Å²) in [5.41, 5.74) is 0. The summed E-state index contributed by atoms with van der Waals surface area (Å²) >= 11 is 4.90. The summed E-state index contributed by atoms with van der Waals surface area (Å²) in [7, 11) is 0. The Hall–Kier alpha value is 1.99. The van der Waals surface area contributed by atoms with Gasteiger partial charge < -0.3 is 12.6 Å². The molecule has 0 aliphatic carbocycles. The fraction of sp³-hybridized carbons (Fsp3) is 1.00. The van der Waals surface area contributed by atoms with E-state index in [1.807, 2.05) is 0 Å². The predicted octanol–water partition coefficient (Wildman–Crippen LogP) is 1.46. The van der Waals surface area contributed by atoms with E-state index in [1.165, 1.54) is 64.2 Å². The molecular formula is C12H25KS. The van der Waals surface area contributed by atoms with Crippen LogP contribution in [0.15, 0.2) is 0 Å². The molecule has 2 heteroatoms. The van der Waals surface area contributed by atoms with Crippen LogP contribution in [0, 0.1) is 0 Å². The average molecular weight is 240 g/mol. The van der Waals surface area contributed by atoms with Gasteiger partial charge in [-0.3, -0.25) is 0 Å². The Morgan fingerprint density at radius 3 is 1.36 bits per heavy atom. The van der Waals surface area contributed by atoms with E-state index in [1.54, 1.807) is 0 Å². The minimum Gasteiger partial charge on any atom is -0.793 e. The van der Waals surface area contributed by atoms with Gasteiger partial charge in [0.05, 0.1) is 0 Å². The van der Waals surface area contributed by atoms with Gasteiger partial charge in [0.25, 0.3) is 0 Å². The normalized spacial score (nSPS) is 9.86. The van der Waals surface area contributed by atoms with Gasteiger partial charge in [0.15, 0.2) is 0 Å². The van der Waals surface area contributed by atoms with Crippen molar-refractivity contribution in [3.63, 3.8) is 0 Å². The first-order valence-electron chi connectivity index (χ1n) is 6.00. The minimum atomic E-state index is 0. The van der Waals surface area contributed by atoms with Gasteiger partial charge in [-0.2, -0.15) is 5.75 Å². The molecule has 0 spiro atoms. The van der Waals surface area contributed by atoms with Gasteiger partial charge in [0.2, 0.25) is 0 Å². The molecule has 0 aliphatic heterocycles. The van der Waals surface area contributed by atoms with E-state index in [-0.39, 0.29) is 51.4 Å². The Morgan fingerprint density at radius 1 is 0.643 bits per heavy atom. The molecule has 0 aromatic carbocycles. The third-order valence-corrected chi connectivity index (χ3v) is 2.79. The Morgan fingerprint density at radius 2 is 1.00 bits per heavy atom. The van der Waals surface area contributed by atoms with Crippen molar-refractivity contribution in [3.05, 3.63) is 0 Å². The van der Waals surface area contributed by atoms with Crippen LogP contribution in [-0.4, -0.2) is 5.75 Å². The minimum absolute atomic E-state index is 0. The molecule has 0 saturated heterocycles. The van der Waals surface area contributed by atoms with Gasteiger partial charge in [0.1, 0.15) is 0 Å². The maximum atomic E-state index is 4.90. The molecule has 0 amide bonds. The molecule has 0 aromatic heterocycles. The second kappa shape index (κ2) is 17.4. The standard InChI is InChI=1S/C12H26S.K/c1-2-3-4-5-6-7-8-9-10-11-12-13;/h13H,2-12H2,1H3;/q;+1/p-1. The number of unbranched alkanes of at least 4 members (excludes halogenated alkanes) is 9. The van der Waals surface area contributed by atoms with Crippen molar-refractivity contribution in [1.82, 2.24) is 0 Å². The van der Waals surface area contributed by atoms with Gasteiger partial charge in [-0.15, -0.1) is 0 Å². The van der Waals surface area contributed by atoms with E-state index in [0.717, 1.165) is 5.75 Å². The first-order valence-corrected chi connectivity index (χ1v) is 6.57. The SMILES string of the molecule is CCCCCCCCCCCC[S-].[K+]. The molecule has 0 rings (SSSR count). The van der Waals surface area contributed by atoms with Crippen LogP contribution in [0.5, 0.6) is 0 Å². The van der Waals surface area contributed by atoms with E-state index >= 15 is 0 Å². The molecule has 0 heterocycles. The van der Waals surface area contributed by atoms with Gasteiger partial charge in [-0.1, -0.05) is 71.1 Å². The van der Waals surface area contributed by atoms with Crippen molar-refractivity contribution in [2.45, 2.75) is 71.1 Å². The van der Waals surface area contributed by atoms with Crippen LogP contribution in [0.4, 0.5) is 0 Å². The summed E-state index contributed by atoms with van der Waals surface area (Å²) in [5.74, 6) is 0.955. The Balaban J connectivity index is 0. The monoisotopic (exact) mass is 240 g/mol. The second-order valence-corrected chi connectivity index (χ2v) is 4.29. The first kappa shape index (κ1) is 18.4. The quantitative estimate of drug-likeness (QED) is 0.316. The van der Waals surface area contributed by atoms with Gasteiger partial charge in [0, 0.05) is 0 Å². The Kier molecular flexibility index (Phi) is 22.8. The van der Waals surface area contributed by atoms with E-state index in [2.05, 4.69) is 6.92 Å². The van der Waals surface area contributed by atoms with Crippen molar-refractivity contribution >= 4 is 12.6 Å². The van der Waals surface area contributed by atoms with Crippen molar-refractivity contribution in [2.75, 3.05) is 5.75 Å². The Labute approximate surface area is 139 Å². The Bertz CT molecular complexity index is 76.4. The van der Waals surface area contributed by atoms with Crippen LogP contribution in [0.2, 0.25) is 0 Å². The maximum absolute atomic E-state index is 4.90. The van der Waals surface area contributed by atoms with Crippen molar-refractivity contribution in [2.24, 2.45) is 0 Å². The molecule has 0 radical (unpaired) electrons. The number of rotatable bonds is 10.